The Bertz CT molecular complexity index is 1540. The van der Waals surface area contributed by atoms with E-state index in [0.717, 1.165) is 16.7 Å². The minimum atomic E-state index is -0.863. The van der Waals surface area contributed by atoms with Gasteiger partial charge in [-0.25, -0.2) is 4.98 Å². The van der Waals surface area contributed by atoms with Crippen LogP contribution < -0.4 is 14.4 Å². The van der Waals surface area contributed by atoms with Crippen LogP contribution in [-0.4, -0.2) is 35.5 Å². The van der Waals surface area contributed by atoms with E-state index in [2.05, 4.69) is 4.98 Å². The number of fused-ring (bicyclic) bond motifs is 1. The molecule has 0 saturated heterocycles. The molecule has 4 aromatic rings. The van der Waals surface area contributed by atoms with Crippen LogP contribution in [0.5, 0.6) is 11.5 Å². The Morgan fingerprint density at radius 1 is 1.08 bits per heavy atom. The van der Waals surface area contributed by atoms with Crippen molar-refractivity contribution < 1.29 is 24.2 Å². The third-order valence-corrected chi connectivity index (χ3v) is 7.18. The molecule has 0 spiro atoms. The highest BCUT2D eigenvalue weighted by Crippen LogP contribution is 2.44. The Balaban J connectivity index is 1.57. The van der Waals surface area contributed by atoms with E-state index in [-0.39, 0.29) is 5.57 Å². The molecule has 3 aromatic carbocycles. The molecule has 192 valence electrons. The van der Waals surface area contributed by atoms with Gasteiger partial charge < -0.3 is 14.6 Å². The summed E-state index contributed by atoms with van der Waals surface area (Å²) in [6.45, 7) is 2.61. The highest BCUT2D eigenvalue weighted by Gasteiger charge is 2.45. The van der Waals surface area contributed by atoms with Crippen LogP contribution >= 0.6 is 11.3 Å². The maximum absolute atomic E-state index is 13.5. The Labute approximate surface area is 224 Å². The lowest BCUT2D eigenvalue weighted by molar-refractivity contribution is -0.117. The molecule has 5 rings (SSSR count). The first kappa shape index (κ1) is 25.2. The highest BCUT2D eigenvalue weighted by molar-refractivity contribution is 7.22. The van der Waals surface area contributed by atoms with Crippen molar-refractivity contribution in [3.63, 3.8) is 0 Å². The fourth-order valence-corrected chi connectivity index (χ4v) is 5.31. The summed E-state index contributed by atoms with van der Waals surface area (Å²) in [5.41, 5.74) is 2.17. The molecule has 1 N–H and O–H groups in total. The van der Waals surface area contributed by atoms with Gasteiger partial charge >= 0.3 is 0 Å². The van der Waals surface area contributed by atoms with Crippen molar-refractivity contribution in [1.82, 2.24) is 4.98 Å². The predicted molar refractivity (Wildman–Crippen MR) is 149 cm³/mol. The molecule has 0 radical (unpaired) electrons. The van der Waals surface area contributed by atoms with Crippen LogP contribution in [0.2, 0.25) is 0 Å². The van der Waals surface area contributed by atoms with Gasteiger partial charge in [-0.15, -0.1) is 0 Å². The first-order valence-electron chi connectivity index (χ1n) is 12.2. The second kappa shape index (κ2) is 10.9. The molecule has 38 heavy (non-hydrogen) atoms. The van der Waals surface area contributed by atoms with Crippen LogP contribution in [0, 0.1) is 0 Å². The zero-order valence-electron chi connectivity index (χ0n) is 21.0. The number of methoxy groups -OCH3 is 1. The molecule has 1 aromatic heterocycles. The lowest BCUT2D eigenvalue weighted by Crippen LogP contribution is -2.30. The van der Waals surface area contributed by atoms with E-state index in [1.807, 2.05) is 49.4 Å². The molecule has 1 unspecified atom stereocenters. The standard InChI is InChI=1S/C30H26N2O5S/c1-3-17-37-21-12-10-20(11-13-21)27-26(24(33)16-9-19-7-5-4-6-8-19)28(34)29(35)32(27)30-31-23-15-14-22(36-2)18-25(23)38-30/h4-16,18,27,34H,3,17H2,1-2H3. The van der Waals surface area contributed by atoms with E-state index in [1.165, 1.54) is 22.3 Å². The Hall–Kier alpha value is -4.43. The normalized spacial score (nSPS) is 15.6. The van der Waals surface area contributed by atoms with Crippen molar-refractivity contribution in [2.45, 2.75) is 19.4 Å². The lowest BCUT2D eigenvalue weighted by Gasteiger charge is -2.24. The molecule has 1 aliphatic rings. The van der Waals surface area contributed by atoms with Crippen LogP contribution in [0.3, 0.4) is 0 Å². The molecular formula is C30H26N2O5S. The van der Waals surface area contributed by atoms with Crippen molar-refractivity contribution in [3.05, 3.63) is 101 Å². The second-order valence-electron chi connectivity index (χ2n) is 8.70. The van der Waals surface area contributed by atoms with Gasteiger partial charge in [0.25, 0.3) is 5.91 Å². The molecule has 0 fully saturated rings. The van der Waals surface area contributed by atoms with Gasteiger partial charge in [0.2, 0.25) is 0 Å². The van der Waals surface area contributed by atoms with Crippen molar-refractivity contribution in [3.8, 4) is 11.5 Å². The zero-order chi connectivity index (χ0) is 26.6. The van der Waals surface area contributed by atoms with Crippen molar-refractivity contribution in [1.29, 1.82) is 0 Å². The van der Waals surface area contributed by atoms with E-state index in [4.69, 9.17) is 9.47 Å². The number of rotatable bonds is 9. The third kappa shape index (κ3) is 4.90. The smallest absolute Gasteiger partial charge is 0.296 e. The quantitative estimate of drug-likeness (QED) is 0.258. The fraction of sp³-hybridized carbons (Fsp3) is 0.167. The zero-order valence-corrected chi connectivity index (χ0v) is 21.8. The summed E-state index contributed by atoms with van der Waals surface area (Å²) < 4.78 is 11.8. The number of anilines is 1. The summed E-state index contributed by atoms with van der Waals surface area (Å²) in [7, 11) is 1.58. The van der Waals surface area contributed by atoms with Gasteiger partial charge in [-0.1, -0.05) is 66.8 Å². The largest absolute Gasteiger partial charge is 0.503 e. The second-order valence-corrected chi connectivity index (χ2v) is 9.70. The Morgan fingerprint density at radius 3 is 2.53 bits per heavy atom. The van der Waals surface area contributed by atoms with Crippen molar-refractivity contribution >= 4 is 44.5 Å². The number of amides is 1. The number of hydrogen-bond acceptors (Lipinski definition) is 7. The third-order valence-electron chi connectivity index (χ3n) is 6.16. The number of carbonyl (C=O) groups excluding carboxylic acids is 2. The van der Waals surface area contributed by atoms with Gasteiger partial charge in [-0.3, -0.25) is 14.5 Å². The van der Waals surface area contributed by atoms with Crippen molar-refractivity contribution in [2.75, 3.05) is 18.6 Å². The van der Waals surface area contributed by atoms with Crippen LogP contribution in [0.1, 0.15) is 30.5 Å². The van der Waals surface area contributed by atoms with Crippen LogP contribution in [0.25, 0.3) is 16.3 Å². The molecule has 1 atom stereocenters. The van der Waals surface area contributed by atoms with Gasteiger partial charge in [-0.2, -0.15) is 0 Å². The molecule has 0 bridgehead atoms. The summed E-state index contributed by atoms with van der Waals surface area (Å²) >= 11 is 1.29. The van der Waals surface area contributed by atoms with Gasteiger partial charge in [-0.05, 0) is 54.0 Å². The van der Waals surface area contributed by atoms with Gasteiger partial charge in [0.05, 0.1) is 35.5 Å². The number of nitrogens with zero attached hydrogens (tertiary/aromatic N) is 2. The fourth-order valence-electron chi connectivity index (χ4n) is 4.28. The van der Waals surface area contributed by atoms with E-state index in [0.29, 0.717) is 34.3 Å². The summed E-state index contributed by atoms with van der Waals surface area (Å²) in [5, 5.41) is 11.4. The number of aliphatic hydroxyl groups excluding tert-OH is 1. The minimum Gasteiger partial charge on any atom is -0.503 e. The summed E-state index contributed by atoms with van der Waals surface area (Å²) in [4.78, 5) is 32.9. The number of benzene rings is 3. The summed E-state index contributed by atoms with van der Waals surface area (Å²) in [6.07, 6.45) is 3.92. The van der Waals surface area contributed by atoms with E-state index in [1.54, 1.807) is 43.5 Å². The topological polar surface area (TPSA) is 89.0 Å². The van der Waals surface area contributed by atoms with Crippen molar-refractivity contribution in [2.24, 2.45) is 0 Å². The first-order chi connectivity index (χ1) is 18.5. The molecular weight excluding hydrogens is 500 g/mol. The number of hydrogen-bond donors (Lipinski definition) is 1. The molecule has 1 aliphatic heterocycles. The van der Waals surface area contributed by atoms with Crippen LogP contribution in [-0.2, 0) is 9.59 Å². The average Bonchev–Trinajstić information content (AvgIpc) is 3.48. The molecule has 2 heterocycles. The number of thiazole rings is 1. The number of ether oxygens (including phenoxy) is 2. The Kier molecular flexibility index (Phi) is 7.24. The molecule has 0 aliphatic carbocycles. The number of allylic oxidation sites excluding steroid dienone is 1. The first-order valence-corrected chi connectivity index (χ1v) is 13.0. The summed E-state index contributed by atoms with van der Waals surface area (Å²) in [5.74, 6) is -0.364. The maximum atomic E-state index is 13.5. The number of carbonyl (C=O) groups is 2. The molecule has 1 amide bonds. The maximum Gasteiger partial charge on any atom is 0.296 e. The molecule has 7 nitrogen and oxygen atoms in total. The summed E-state index contributed by atoms with van der Waals surface area (Å²) in [6, 6.07) is 21.2. The highest BCUT2D eigenvalue weighted by atomic mass is 32.1. The number of aromatic nitrogens is 1. The van der Waals surface area contributed by atoms with Crippen LogP contribution in [0.4, 0.5) is 5.13 Å². The lowest BCUT2D eigenvalue weighted by atomic mass is 9.95. The monoisotopic (exact) mass is 526 g/mol. The molecule has 0 saturated carbocycles. The average molecular weight is 527 g/mol. The van der Waals surface area contributed by atoms with E-state index in [9.17, 15) is 14.7 Å². The van der Waals surface area contributed by atoms with E-state index >= 15 is 0 Å². The van der Waals surface area contributed by atoms with Gasteiger partial charge in [0.1, 0.15) is 11.5 Å². The van der Waals surface area contributed by atoms with Crippen LogP contribution in [0.15, 0.2) is 90.2 Å². The SMILES string of the molecule is CCCOc1ccc(C2C(C(=O)C=Cc3ccccc3)=C(O)C(=O)N2c2nc3ccc(OC)cc3s2)cc1. The number of ketones is 1. The number of aliphatic hydroxyl groups is 1. The van der Waals surface area contributed by atoms with E-state index < -0.39 is 23.5 Å². The van der Waals surface area contributed by atoms with Gasteiger partial charge in [0.15, 0.2) is 16.7 Å². The predicted octanol–water partition coefficient (Wildman–Crippen LogP) is 6.28. The minimum absolute atomic E-state index is 0.00115. The Morgan fingerprint density at radius 2 is 1.82 bits per heavy atom. The van der Waals surface area contributed by atoms with Gasteiger partial charge in [0, 0.05) is 0 Å². The molecule has 8 heteroatoms.